The van der Waals surface area contributed by atoms with Gasteiger partial charge in [0.2, 0.25) is 11.8 Å². The number of hydrogen-bond donors (Lipinski definition) is 3. The predicted octanol–water partition coefficient (Wildman–Crippen LogP) is 3.51. The topological polar surface area (TPSA) is 131 Å². The number of nitrogens with one attached hydrogen (secondary N) is 2. The monoisotopic (exact) mass is 542 g/mol. The highest BCUT2D eigenvalue weighted by atomic mass is 16.6. The summed E-state index contributed by atoms with van der Waals surface area (Å²) in [7, 11) is 0. The number of aliphatic hydroxyl groups is 1. The van der Waals surface area contributed by atoms with Crippen LogP contribution in [-0.4, -0.2) is 53.7 Å². The maximum Gasteiger partial charge on any atom is 0.332 e. The van der Waals surface area contributed by atoms with Gasteiger partial charge in [0.15, 0.2) is 6.04 Å². The zero-order valence-corrected chi connectivity index (χ0v) is 22.7. The summed E-state index contributed by atoms with van der Waals surface area (Å²) in [5.74, 6) is -2.96. The number of esters is 2. The van der Waals surface area contributed by atoms with Gasteiger partial charge in [-0.25, -0.2) is 4.79 Å². The minimum Gasteiger partial charge on any atom is -0.463 e. The van der Waals surface area contributed by atoms with Crippen molar-refractivity contribution in [3.8, 4) is 0 Å². The minimum absolute atomic E-state index is 0.0106. The fourth-order valence-corrected chi connectivity index (χ4v) is 4.52. The van der Waals surface area contributed by atoms with E-state index in [-0.39, 0.29) is 45.0 Å². The Morgan fingerprint density at radius 2 is 1.74 bits per heavy atom. The molecule has 3 N–H and O–H groups in total. The summed E-state index contributed by atoms with van der Waals surface area (Å²) in [4.78, 5) is 51.1. The lowest BCUT2D eigenvalue weighted by Gasteiger charge is -2.29. The second-order valence-corrected chi connectivity index (χ2v) is 9.99. The van der Waals surface area contributed by atoms with Crippen molar-refractivity contribution in [3.63, 3.8) is 0 Å². The number of rotatable bonds is 18. The Bertz CT molecular complexity index is 957. The van der Waals surface area contributed by atoms with Crippen LogP contribution in [0.4, 0.5) is 0 Å². The van der Waals surface area contributed by atoms with Gasteiger partial charge in [-0.05, 0) is 44.1 Å². The molecule has 0 bridgehead atoms. The molecule has 0 saturated heterocycles. The summed E-state index contributed by atoms with van der Waals surface area (Å²) in [6, 6.07) is 7.82. The summed E-state index contributed by atoms with van der Waals surface area (Å²) in [5, 5.41) is 15.3. The smallest absolute Gasteiger partial charge is 0.332 e. The van der Waals surface area contributed by atoms with E-state index in [9.17, 15) is 24.3 Å². The highest BCUT2D eigenvalue weighted by molar-refractivity contribution is 5.89. The third-order valence-corrected chi connectivity index (χ3v) is 6.80. The highest BCUT2D eigenvalue weighted by Crippen LogP contribution is 2.29. The highest BCUT2D eigenvalue weighted by Gasteiger charge is 2.36. The van der Waals surface area contributed by atoms with Crippen LogP contribution in [0.25, 0.3) is 0 Å². The number of carbonyl (C=O) groups excluding carboxylic acids is 4. The molecular weight excluding hydrogens is 500 g/mol. The molecule has 1 fully saturated rings. The van der Waals surface area contributed by atoms with Crippen LogP contribution in [0.3, 0.4) is 0 Å². The zero-order chi connectivity index (χ0) is 28.5. The molecule has 0 aromatic heterocycles. The van der Waals surface area contributed by atoms with Crippen LogP contribution >= 0.6 is 0 Å². The molecule has 0 radical (unpaired) electrons. The standard InChI is InChI=1S/C30H42N2O7/c1-3-5-6-10-16-27(35)38-21-25(29(37)39-20-23-14-8-7-9-15-23)31-28(36)24(13-4-2)19-26(34)32-30(22-33)17-11-12-18-30/h3-4,7-9,14-15,24-25,33H,1-2,5-6,10-13,16-22H2,(H,31,36)(H,32,34)/t24-,25-/m1/s1. The Balaban J connectivity index is 2.03. The van der Waals surface area contributed by atoms with Crippen molar-refractivity contribution in [1.82, 2.24) is 10.6 Å². The molecule has 0 unspecified atom stereocenters. The summed E-state index contributed by atoms with van der Waals surface area (Å²) in [6.07, 6.45) is 8.92. The van der Waals surface area contributed by atoms with Gasteiger partial charge in [0.25, 0.3) is 0 Å². The third-order valence-electron chi connectivity index (χ3n) is 6.80. The van der Waals surface area contributed by atoms with Crippen molar-refractivity contribution in [2.75, 3.05) is 13.2 Å². The second-order valence-electron chi connectivity index (χ2n) is 9.99. The van der Waals surface area contributed by atoms with Gasteiger partial charge in [0.05, 0.1) is 18.1 Å². The zero-order valence-electron chi connectivity index (χ0n) is 22.7. The maximum atomic E-state index is 13.2. The normalized spacial score (nSPS) is 15.4. The van der Waals surface area contributed by atoms with Gasteiger partial charge < -0.3 is 25.2 Å². The van der Waals surface area contributed by atoms with Crippen molar-refractivity contribution < 1.29 is 33.8 Å². The number of aliphatic hydroxyl groups excluding tert-OH is 1. The van der Waals surface area contributed by atoms with Gasteiger partial charge in [0.1, 0.15) is 13.2 Å². The van der Waals surface area contributed by atoms with E-state index in [2.05, 4.69) is 23.8 Å². The van der Waals surface area contributed by atoms with Crippen LogP contribution in [0.2, 0.25) is 0 Å². The number of allylic oxidation sites excluding steroid dienone is 2. The average Bonchev–Trinajstić information content (AvgIpc) is 3.41. The summed E-state index contributed by atoms with van der Waals surface area (Å²) >= 11 is 0. The van der Waals surface area contributed by atoms with E-state index in [4.69, 9.17) is 9.47 Å². The van der Waals surface area contributed by atoms with Crippen LogP contribution in [0.15, 0.2) is 55.6 Å². The first-order chi connectivity index (χ1) is 18.8. The van der Waals surface area contributed by atoms with E-state index in [0.717, 1.165) is 31.2 Å². The first-order valence-electron chi connectivity index (χ1n) is 13.6. The Morgan fingerprint density at radius 3 is 2.38 bits per heavy atom. The SMILES string of the molecule is C=CCCCCC(=O)OC[C@@H](NC(=O)[C@H](CC=C)CC(=O)NC1(CO)CCCC1)C(=O)OCc1ccccc1. The molecule has 1 aromatic carbocycles. The third kappa shape index (κ3) is 11.4. The predicted molar refractivity (Wildman–Crippen MR) is 147 cm³/mol. The molecule has 2 rings (SSSR count). The van der Waals surface area contributed by atoms with E-state index in [1.807, 2.05) is 18.2 Å². The van der Waals surface area contributed by atoms with E-state index in [1.54, 1.807) is 18.2 Å². The molecule has 1 aliphatic carbocycles. The lowest BCUT2D eigenvalue weighted by Crippen LogP contribution is -2.51. The molecule has 39 heavy (non-hydrogen) atoms. The quantitative estimate of drug-likeness (QED) is 0.147. The van der Waals surface area contributed by atoms with Gasteiger partial charge in [0, 0.05) is 12.8 Å². The van der Waals surface area contributed by atoms with Gasteiger partial charge >= 0.3 is 11.9 Å². The van der Waals surface area contributed by atoms with Crippen LogP contribution in [-0.2, 0) is 35.3 Å². The Hall–Kier alpha value is -3.46. The summed E-state index contributed by atoms with van der Waals surface area (Å²) in [6.45, 7) is 6.77. The van der Waals surface area contributed by atoms with E-state index >= 15 is 0 Å². The fraction of sp³-hybridized carbons (Fsp3) is 0.533. The van der Waals surface area contributed by atoms with Crippen molar-refractivity contribution in [2.24, 2.45) is 5.92 Å². The maximum absolute atomic E-state index is 13.2. The van der Waals surface area contributed by atoms with E-state index < -0.39 is 35.3 Å². The second kappa shape index (κ2) is 17.2. The summed E-state index contributed by atoms with van der Waals surface area (Å²) in [5.41, 5.74) is 0.108. The van der Waals surface area contributed by atoms with Crippen molar-refractivity contribution in [2.45, 2.75) is 82.4 Å². The van der Waals surface area contributed by atoms with Gasteiger partial charge in [-0.1, -0.05) is 55.3 Å². The first-order valence-corrected chi connectivity index (χ1v) is 13.6. The van der Waals surface area contributed by atoms with Crippen LogP contribution in [0.1, 0.15) is 69.8 Å². The number of unbranched alkanes of at least 4 members (excludes halogenated alkanes) is 2. The molecule has 9 nitrogen and oxygen atoms in total. The molecule has 0 heterocycles. The van der Waals surface area contributed by atoms with Gasteiger partial charge in [-0.3, -0.25) is 14.4 Å². The van der Waals surface area contributed by atoms with Crippen LogP contribution in [0.5, 0.6) is 0 Å². The Labute approximate surface area is 231 Å². The van der Waals surface area contributed by atoms with Crippen LogP contribution < -0.4 is 10.6 Å². The molecule has 0 aliphatic heterocycles. The number of benzene rings is 1. The lowest BCUT2D eigenvalue weighted by atomic mass is 9.95. The minimum atomic E-state index is -1.24. The van der Waals surface area contributed by atoms with Crippen molar-refractivity contribution in [1.29, 1.82) is 0 Å². The Kier molecular flexibility index (Phi) is 14.0. The van der Waals surface area contributed by atoms with Gasteiger partial charge in [-0.2, -0.15) is 0 Å². The molecular formula is C30H42N2O7. The largest absolute Gasteiger partial charge is 0.463 e. The molecule has 1 saturated carbocycles. The van der Waals surface area contributed by atoms with E-state index in [0.29, 0.717) is 19.3 Å². The molecule has 9 heteroatoms. The molecule has 214 valence electrons. The molecule has 0 spiro atoms. The van der Waals surface area contributed by atoms with Gasteiger partial charge in [-0.15, -0.1) is 13.2 Å². The lowest BCUT2D eigenvalue weighted by molar-refractivity contribution is -0.155. The fourth-order valence-electron chi connectivity index (χ4n) is 4.52. The van der Waals surface area contributed by atoms with Crippen molar-refractivity contribution >= 4 is 23.8 Å². The summed E-state index contributed by atoms with van der Waals surface area (Å²) < 4.78 is 10.7. The molecule has 1 aromatic rings. The van der Waals surface area contributed by atoms with E-state index in [1.165, 1.54) is 6.08 Å². The molecule has 1 aliphatic rings. The number of ether oxygens (including phenoxy) is 2. The number of amides is 2. The van der Waals surface area contributed by atoms with Crippen molar-refractivity contribution in [3.05, 3.63) is 61.2 Å². The number of carbonyl (C=O) groups is 4. The molecule has 2 atom stereocenters. The average molecular weight is 543 g/mol. The van der Waals surface area contributed by atoms with Crippen LogP contribution in [0, 0.1) is 5.92 Å². The Morgan fingerprint density at radius 1 is 1.03 bits per heavy atom. The molecule has 2 amide bonds. The number of hydrogen-bond acceptors (Lipinski definition) is 7. The first kappa shape index (κ1) is 31.8.